The van der Waals surface area contributed by atoms with Crippen molar-refractivity contribution in [1.29, 1.82) is 0 Å². The molecule has 3 heteroatoms. The van der Waals surface area contributed by atoms with Gasteiger partial charge in [-0.05, 0) is 30.5 Å². The van der Waals surface area contributed by atoms with Crippen LogP contribution < -0.4 is 4.90 Å². The second-order valence-electron chi connectivity index (χ2n) is 6.70. The first-order chi connectivity index (χ1) is 11.2. The molecule has 2 aromatic carbocycles. The molecular formula is C20H22N2O. The SMILES string of the molecule is CN1c2ccccc2C(=O)C12CCN(Cc1ccccc1)CC2. The van der Waals surface area contributed by atoms with E-state index in [4.69, 9.17) is 0 Å². The summed E-state index contributed by atoms with van der Waals surface area (Å²) in [6, 6.07) is 18.6. The molecule has 0 atom stereocenters. The Bertz CT molecular complexity index is 717. The fraction of sp³-hybridized carbons (Fsp3) is 0.350. The first-order valence-corrected chi connectivity index (χ1v) is 8.35. The van der Waals surface area contributed by atoms with E-state index < -0.39 is 0 Å². The molecule has 0 aliphatic carbocycles. The van der Waals surface area contributed by atoms with Crippen molar-refractivity contribution in [3.63, 3.8) is 0 Å². The predicted octanol–water partition coefficient (Wildman–Crippen LogP) is 3.35. The standard InChI is InChI=1S/C20H22N2O/c1-21-18-10-6-5-9-17(18)19(23)20(21)11-13-22(14-12-20)15-16-7-3-2-4-8-16/h2-10H,11-15H2,1H3. The monoisotopic (exact) mass is 306 g/mol. The third-order valence-electron chi connectivity index (χ3n) is 5.51. The van der Waals surface area contributed by atoms with E-state index in [9.17, 15) is 4.79 Å². The van der Waals surface area contributed by atoms with E-state index in [0.717, 1.165) is 43.7 Å². The number of anilines is 1. The molecule has 0 N–H and O–H groups in total. The van der Waals surface area contributed by atoms with Crippen LogP contribution in [0.15, 0.2) is 54.6 Å². The molecule has 1 spiro atoms. The maximum absolute atomic E-state index is 13.0. The molecule has 0 aromatic heterocycles. The minimum atomic E-state index is -0.323. The topological polar surface area (TPSA) is 23.6 Å². The highest BCUT2D eigenvalue weighted by Crippen LogP contribution is 2.43. The van der Waals surface area contributed by atoms with Crippen LogP contribution in [0.25, 0.3) is 0 Å². The third-order valence-corrected chi connectivity index (χ3v) is 5.51. The molecule has 1 saturated heterocycles. The van der Waals surface area contributed by atoms with Gasteiger partial charge in [0.1, 0.15) is 5.54 Å². The number of para-hydroxylation sites is 1. The van der Waals surface area contributed by atoms with Crippen molar-refractivity contribution < 1.29 is 4.79 Å². The van der Waals surface area contributed by atoms with Crippen LogP contribution in [0, 0.1) is 0 Å². The Morgan fingerprint density at radius 2 is 1.61 bits per heavy atom. The van der Waals surface area contributed by atoms with Gasteiger partial charge >= 0.3 is 0 Å². The largest absolute Gasteiger partial charge is 0.361 e. The summed E-state index contributed by atoms with van der Waals surface area (Å²) in [6.45, 7) is 2.92. The number of ketones is 1. The van der Waals surface area contributed by atoms with Gasteiger partial charge in [0.2, 0.25) is 0 Å². The Balaban J connectivity index is 1.50. The van der Waals surface area contributed by atoms with Crippen LogP contribution in [0.4, 0.5) is 5.69 Å². The number of piperidine rings is 1. The van der Waals surface area contributed by atoms with Crippen molar-refractivity contribution in [1.82, 2.24) is 4.90 Å². The van der Waals surface area contributed by atoms with Crippen LogP contribution in [-0.2, 0) is 6.54 Å². The molecule has 1 fully saturated rings. The molecule has 3 nitrogen and oxygen atoms in total. The van der Waals surface area contributed by atoms with Gasteiger partial charge in [-0.3, -0.25) is 9.69 Å². The molecule has 118 valence electrons. The smallest absolute Gasteiger partial charge is 0.190 e. The van der Waals surface area contributed by atoms with Crippen molar-refractivity contribution in [3.05, 3.63) is 65.7 Å². The van der Waals surface area contributed by atoms with Crippen molar-refractivity contribution >= 4 is 11.5 Å². The lowest BCUT2D eigenvalue weighted by atomic mass is 9.83. The molecule has 0 bridgehead atoms. The normalized spacial score (nSPS) is 20.0. The molecule has 0 saturated carbocycles. The number of likely N-dealkylation sites (tertiary alicyclic amines) is 1. The summed E-state index contributed by atoms with van der Waals surface area (Å²) in [4.78, 5) is 17.7. The van der Waals surface area contributed by atoms with E-state index >= 15 is 0 Å². The summed E-state index contributed by atoms with van der Waals surface area (Å²) in [5.74, 6) is 0.315. The molecular weight excluding hydrogens is 284 g/mol. The predicted molar refractivity (Wildman–Crippen MR) is 92.9 cm³/mol. The number of carbonyl (C=O) groups is 1. The van der Waals surface area contributed by atoms with Crippen molar-refractivity contribution in [2.24, 2.45) is 0 Å². The van der Waals surface area contributed by atoms with E-state index in [1.54, 1.807) is 0 Å². The van der Waals surface area contributed by atoms with Crippen molar-refractivity contribution in [2.45, 2.75) is 24.9 Å². The number of carbonyl (C=O) groups excluding carboxylic acids is 1. The van der Waals surface area contributed by atoms with Gasteiger partial charge in [-0.25, -0.2) is 0 Å². The molecule has 2 heterocycles. The van der Waals surface area contributed by atoms with Gasteiger partial charge in [-0.15, -0.1) is 0 Å². The second-order valence-corrected chi connectivity index (χ2v) is 6.70. The number of rotatable bonds is 2. The number of nitrogens with zero attached hydrogens (tertiary/aromatic N) is 2. The summed E-state index contributed by atoms with van der Waals surface area (Å²) in [7, 11) is 2.08. The van der Waals surface area contributed by atoms with E-state index in [1.165, 1.54) is 5.56 Å². The van der Waals surface area contributed by atoms with Crippen LogP contribution in [0.1, 0.15) is 28.8 Å². The summed E-state index contributed by atoms with van der Waals surface area (Å²) in [5, 5.41) is 0. The fourth-order valence-electron chi connectivity index (χ4n) is 4.08. The Labute approximate surface area is 137 Å². The lowest BCUT2D eigenvalue weighted by Gasteiger charge is -2.43. The van der Waals surface area contributed by atoms with E-state index in [-0.39, 0.29) is 5.54 Å². The maximum atomic E-state index is 13.0. The zero-order chi connectivity index (χ0) is 15.9. The first kappa shape index (κ1) is 14.5. The van der Waals surface area contributed by atoms with Gasteiger partial charge in [0.15, 0.2) is 5.78 Å². The second kappa shape index (κ2) is 5.50. The average molecular weight is 306 g/mol. The minimum Gasteiger partial charge on any atom is -0.361 e. The summed E-state index contributed by atoms with van der Waals surface area (Å²) in [6.07, 6.45) is 1.81. The Morgan fingerprint density at radius 3 is 2.30 bits per heavy atom. The Morgan fingerprint density at radius 1 is 0.957 bits per heavy atom. The van der Waals surface area contributed by atoms with Crippen LogP contribution >= 0.6 is 0 Å². The molecule has 2 aliphatic rings. The summed E-state index contributed by atoms with van der Waals surface area (Å²) < 4.78 is 0. The number of fused-ring (bicyclic) bond motifs is 1. The molecule has 4 rings (SSSR count). The molecule has 0 unspecified atom stereocenters. The zero-order valence-corrected chi connectivity index (χ0v) is 13.5. The number of benzene rings is 2. The third kappa shape index (κ3) is 2.27. The zero-order valence-electron chi connectivity index (χ0n) is 13.5. The summed E-state index contributed by atoms with van der Waals surface area (Å²) in [5.41, 5.74) is 3.01. The number of likely N-dealkylation sites (N-methyl/N-ethyl adjacent to an activating group) is 1. The number of Topliss-reactive ketones (excluding diaryl/α,β-unsaturated/α-hetero) is 1. The van der Waals surface area contributed by atoms with Crippen molar-refractivity contribution in [3.8, 4) is 0 Å². The minimum absolute atomic E-state index is 0.315. The average Bonchev–Trinajstić information content (AvgIpc) is 2.81. The highest BCUT2D eigenvalue weighted by Gasteiger charge is 2.50. The molecule has 2 aromatic rings. The van der Waals surface area contributed by atoms with Crippen LogP contribution in [0.2, 0.25) is 0 Å². The summed E-state index contributed by atoms with van der Waals surface area (Å²) >= 11 is 0. The van der Waals surface area contributed by atoms with Gasteiger partial charge in [-0.1, -0.05) is 42.5 Å². The fourth-order valence-corrected chi connectivity index (χ4v) is 4.08. The van der Waals surface area contributed by atoms with Gasteiger partial charge in [0.05, 0.1) is 0 Å². The quantitative estimate of drug-likeness (QED) is 0.850. The van der Waals surface area contributed by atoms with E-state index in [0.29, 0.717) is 5.78 Å². The molecule has 0 radical (unpaired) electrons. The first-order valence-electron chi connectivity index (χ1n) is 8.35. The number of hydrogen-bond donors (Lipinski definition) is 0. The van der Waals surface area contributed by atoms with E-state index in [1.807, 2.05) is 18.2 Å². The van der Waals surface area contributed by atoms with Gasteiger partial charge < -0.3 is 4.90 Å². The Kier molecular flexibility index (Phi) is 3.46. The van der Waals surface area contributed by atoms with Crippen LogP contribution in [0.5, 0.6) is 0 Å². The van der Waals surface area contributed by atoms with E-state index in [2.05, 4.69) is 53.2 Å². The maximum Gasteiger partial charge on any atom is 0.190 e. The van der Waals surface area contributed by atoms with Gasteiger partial charge in [-0.2, -0.15) is 0 Å². The lowest BCUT2D eigenvalue weighted by Crippen LogP contribution is -2.55. The number of hydrogen-bond acceptors (Lipinski definition) is 3. The van der Waals surface area contributed by atoms with Crippen LogP contribution in [-0.4, -0.2) is 36.4 Å². The highest BCUT2D eigenvalue weighted by atomic mass is 16.1. The van der Waals surface area contributed by atoms with Crippen molar-refractivity contribution in [2.75, 3.05) is 25.0 Å². The lowest BCUT2D eigenvalue weighted by molar-refractivity contribution is 0.0794. The molecule has 0 amide bonds. The molecule has 2 aliphatic heterocycles. The van der Waals surface area contributed by atoms with Gasteiger partial charge in [0, 0.05) is 37.9 Å². The van der Waals surface area contributed by atoms with Gasteiger partial charge in [0.25, 0.3) is 0 Å². The molecule has 23 heavy (non-hydrogen) atoms. The Hall–Kier alpha value is -2.13. The highest BCUT2D eigenvalue weighted by molar-refractivity contribution is 6.13. The van der Waals surface area contributed by atoms with Crippen LogP contribution in [0.3, 0.4) is 0 Å².